The van der Waals surface area contributed by atoms with Gasteiger partial charge in [0.2, 0.25) is 0 Å². The van der Waals surface area contributed by atoms with Crippen molar-refractivity contribution >= 4 is 10.8 Å². The van der Waals surface area contributed by atoms with Gasteiger partial charge in [-0.25, -0.2) is 0 Å². The molecule has 2 aromatic carbocycles. The highest BCUT2D eigenvalue weighted by atomic mass is 16.5. The van der Waals surface area contributed by atoms with E-state index in [2.05, 4.69) is 24.3 Å². The van der Waals surface area contributed by atoms with Crippen LogP contribution >= 0.6 is 0 Å². The Hall–Kier alpha value is -1.38. The predicted octanol–water partition coefficient (Wildman–Crippen LogP) is 2.90. The maximum absolute atomic E-state index is 5.51. The van der Waals surface area contributed by atoms with Gasteiger partial charge < -0.3 is 9.47 Å². The van der Waals surface area contributed by atoms with Gasteiger partial charge in [0.05, 0.1) is 26.4 Å². The lowest BCUT2D eigenvalue weighted by atomic mass is 9.95. The molecule has 80 valence electrons. The Morgan fingerprint density at radius 1 is 0.625 bits per heavy atom. The molecular formula is C14H12O2. The van der Waals surface area contributed by atoms with Gasteiger partial charge in [-0.1, -0.05) is 24.3 Å². The van der Waals surface area contributed by atoms with Crippen molar-refractivity contribution in [1.29, 1.82) is 0 Å². The van der Waals surface area contributed by atoms with Gasteiger partial charge >= 0.3 is 0 Å². The number of benzene rings is 2. The first-order valence-electron chi connectivity index (χ1n) is 5.64. The molecule has 0 unspecified atom stereocenters. The first-order valence-corrected chi connectivity index (χ1v) is 5.64. The minimum atomic E-state index is 0.756. The van der Waals surface area contributed by atoms with Crippen LogP contribution in [0.3, 0.4) is 0 Å². The smallest absolute Gasteiger partial charge is 0.0731 e. The minimum Gasteiger partial charge on any atom is -0.372 e. The zero-order valence-electron chi connectivity index (χ0n) is 8.95. The number of hydrogen-bond acceptors (Lipinski definition) is 2. The second kappa shape index (κ2) is 3.06. The lowest BCUT2D eigenvalue weighted by molar-refractivity contribution is 0.135. The summed E-state index contributed by atoms with van der Waals surface area (Å²) in [4.78, 5) is 0. The molecule has 0 aliphatic carbocycles. The molecule has 0 aromatic heterocycles. The average molecular weight is 212 g/mol. The van der Waals surface area contributed by atoms with E-state index >= 15 is 0 Å². The molecule has 4 rings (SSSR count). The van der Waals surface area contributed by atoms with Crippen molar-refractivity contribution in [3.05, 3.63) is 46.5 Å². The summed E-state index contributed by atoms with van der Waals surface area (Å²) in [5, 5.41) is 2.69. The van der Waals surface area contributed by atoms with Crippen LogP contribution in [0.5, 0.6) is 0 Å². The summed E-state index contributed by atoms with van der Waals surface area (Å²) in [5.74, 6) is 0. The highest BCUT2D eigenvalue weighted by Gasteiger charge is 2.19. The summed E-state index contributed by atoms with van der Waals surface area (Å²) in [7, 11) is 0. The fraction of sp³-hybridized carbons (Fsp3) is 0.286. The van der Waals surface area contributed by atoms with Crippen molar-refractivity contribution in [2.75, 3.05) is 0 Å². The van der Waals surface area contributed by atoms with E-state index in [1.54, 1.807) is 0 Å². The zero-order chi connectivity index (χ0) is 10.5. The largest absolute Gasteiger partial charge is 0.372 e. The molecular weight excluding hydrogens is 200 g/mol. The van der Waals surface area contributed by atoms with E-state index in [-0.39, 0.29) is 0 Å². The van der Waals surface area contributed by atoms with Gasteiger partial charge in [-0.05, 0) is 33.0 Å². The van der Waals surface area contributed by atoms with E-state index in [9.17, 15) is 0 Å². The van der Waals surface area contributed by atoms with Crippen LogP contribution in [0.25, 0.3) is 10.8 Å². The van der Waals surface area contributed by atoms with Gasteiger partial charge in [0.1, 0.15) is 0 Å². The molecule has 2 nitrogen and oxygen atoms in total. The summed E-state index contributed by atoms with van der Waals surface area (Å²) in [6.45, 7) is 3.04. The summed E-state index contributed by atoms with van der Waals surface area (Å²) >= 11 is 0. The van der Waals surface area contributed by atoms with Gasteiger partial charge in [0.15, 0.2) is 0 Å². The van der Waals surface area contributed by atoms with Crippen LogP contribution in [-0.4, -0.2) is 0 Å². The van der Waals surface area contributed by atoms with Crippen LogP contribution in [0.15, 0.2) is 24.3 Å². The van der Waals surface area contributed by atoms with Crippen molar-refractivity contribution in [3.8, 4) is 0 Å². The van der Waals surface area contributed by atoms with Crippen LogP contribution in [0.1, 0.15) is 22.3 Å². The van der Waals surface area contributed by atoms with E-state index in [0.717, 1.165) is 26.4 Å². The van der Waals surface area contributed by atoms with Crippen molar-refractivity contribution in [3.63, 3.8) is 0 Å². The van der Waals surface area contributed by atoms with Crippen LogP contribution in [0.2, 0.25) is 0 Å². The summed E-state index contributed by atoms with van der Waals surface area (Å²) in [6, 6.07) is 8.83. The van der Waals surface area contributed by atoms with Crippen LogP contribution < -0.4 is 0 Å². The third-order valence-electron chi connectivity index (χ3n) is 3.63. The quantitative estimate of drug-likeness (QED) is 0.668. The third-order valence-corrected chi connectivity index (χ3v) is 3.63. The molecule has 0 amide bonds. The molecule has 0 fully saturated rings. The fourth-order valence-electron chi connectivity index (χ4n) is 2.76. The second-order valence-electron chi connectivity index (χ2n) is 4.49. The molecule has 0 radical (unpaired) electrons. The van der Waals surface area contributed by atoms with E-state index in [1.807, 2.05) is 0 Å². The Bertz CT molecular complexity index is 534. The predicted molar refractivity (Wildman–Crippen MR) is 60.9 cm³/mol. The van der Waals surface area contributed by atoms with E-state index < -0.39 is 0 Å². The molecule has 0 N–H and O–H groups in total. The van der Waals surface area contributed by atoms with Gasteiger partial charge in [-0.2, -0.15) is 0 Å². The third kappa shape index (κ3) is 1.03. The Balaban J connectivity index is 2.11. The monoisotopic (exact) mass is 212 g/mol. The molecule has 0 bridgehead atoms. The Morgan fingerprint density at radius 2 is 1.12 bits per heavy atom. The van der Waals surface area contributed by atoms with Crippen LogP contribution in [0.4, 0.5) is 0 Å². The molecule has 2 aliphatic rings. The fourth-order valence-corrected chi connectivity index (χ4v) is 2.76. The Kier molecular flexibility index (Phi) is 1.67. The van der Waals surface area contributed by atoms with Gasteiger partial charge in [0, 0.05) is 0 Å². The molecule has 0 saturated heterocycles. The van der Waals surface area contributed by atoms with E-state index in [1.165, 1.54) is 33.0 Å². The standard InChI is InChI=1S/C14H12O2/c1-3-11-12(13-7-15-5-9(1)13)4-2-10-6-16-8-14(10)11/h1-4H,5-8H2. The van der Waals surface area contributed by atoms with Gasteiger partial charge in [0.25, 0.3) is 0 Å². The number of ether oxygens (including phenoxy) is 2. The second-order valence-corrected chi connectivity index (χ2v) is 4.49. The zero-order valence-corrected chi connectivity index (χ0v) is 8.95. The molecule has 0 spiro atoms. The van der Waals surface area contributed by atoms with Crippen LogP contribution in [-0.2, 0) is 35.9 Å². The first kappa shape index (κ1) is 8.74. The molecule has 0 atom stereocenters. The molecule has 2 heteroatoms. The Labute approximate surface area is 93.8 Å². The minimum absolute atomic E-state index is 0.756. The number of fused-ring (bicyclic) bond motifs is 5. The van der Waals surface area contributed by atoms with Gasteiger partial charge in [-0.3, -0.25) is 0 Å². The van der Waals surface area contributed by atoms with Crippen LogP contribution in [0, 0.1) is 0 Å². The average Bonchev–Trinajstić information content (AvgIpc) is 2.96. The molecule has 0 saturated carbocycles. The van der Waals surface area contributed by atoms with Crippen molar-refractivity contribution in [2.45, 2.75) is 26.4 Å². The maximum Gasteiger partial charge on any atom is 0.0731 e. The molecule has 16 heavy (non-hydrogen) atoms. The molecule has 2 aromatic rings. The lowest BCUT2D eigenvalue weighted by Crippen LogP contribution is -1.90. The highest BCUT2D eigenvalue weighted by Crippen LogP contribution is 2.34. The normalized spacial score (nSPS) is 17.8. The first-order chi connectivity index (χ1) is 7.93. The van der Waals surface area contributed by atoms with E-state index in [0.29, 0.717) is 0 Å². The van der Waals surface area contributed by atoms with Crippen molar-refractivity contribution in [2.24, 2.45) is 0 Å². The summed E-state index contributed by atoms with van der Waals surface area (Å²) < 4.78 is 11.0. The van der Waals surface area contributed by atoms with Crippen molar-refractivity contribution in [1.82, 2.24) is 0 Å². The van der Waals surface area contributed by atoms with E-state index in [4.69, 9.17) is 9.47 Å². The maximum atomic E-state index is 5.51. The summed E-state index contributed by atoms with van der Waals surface area (Å²) in [6.07, 6.45) is 0. The van der Waals surface area contributed by atoms with Gasteiger partial charge in [-0.15, -0.1) is 0 Å². The summed E-state index contributed by atoms with van der Waals surface area (Å²) in [5.41, 5.74) is 5.41. The molecule has 2 heterocycles. The molecule has 2 aliphatic heterocycles. The SMILES string of the molecule is c1cc2c3c(ccc2c2c1COC2)COC3. The number of rotatable bonds is 0. The Morgan fingerprint density at radius 3 is 1.62 bits per heavy atom. The lowest BCUT2D eigenvalue weighted by Gasteiger charge is -2.07. The van der Waals surface area contributed by atoms with Crippen molar-refractivity contribution < 1.29 is 9.47 Å². The highest BCUT2D eigenvalue weighted by molar-refractivity contribution is 5.90. The number of hydrogen-bond donors (Lipinski definition) is 0. The topological polar surface area (TPSA) is 18.5 Å².